The van der Waals surface area contributed by atoms with Crippen LogP contribution in [0, 0.1) is 0 Å². The Bertz CT molecular complexity index is 994. The number of pyridine rings is 1. The van der Waals surface area contributed by atoms with E-state index < -0.39 is 73.9 Å². The SMILES string of the molecule is COc1c(OS(=O)(=O)C(F)(F)C(F)(F)C(F)(F)C(F)(F)F)cc(C(F)(F)F)nc1C(C)(C)C. The highest BCUT2D eigenvalue weighted by Crippen LogP contribution is 2.55. The van der Waals surface area contributed by atoms with E-state index in [1.54, 1.807) is 0 Å². The Kier molecular flexibility index (Phi) is 6.98. The van der Waals surface area contributed by atoms with E-state index in [-0.39, 0.29) is 0 Å². The molecule has 0 saturated heterocycles. The molecule has 0 N–H and O–H groups in total. The van der Waals surface area contributed by atoms with Crippen LogP contribution in [0.1, 0.15) is 32.2 Å². The Balaban J connectivity index is 3.81. The average Bonchev–Trinajstić information content (AvgIpc) is 2.57. The lowest BCUT2D eigenvalue weighted by Gasteiger charge is -2.32. The highest BCUT2D eigenvalue weighted by Gasteiger charge is 2.86. The monoisotopic (exact) mass is 531 g/mol. The van der Waals surface area contributed by atoms with Gasteiger partial charge in [0.1, 0.15) is 5.69 Å². The Morgan fingerprint density at radius 2 is 1.27 bits per heavy atom. The topological polar surface area (TPSA) is 65.5 Å². The zero-order valence-electron chi connectivity index (χ0n) is 16.6. The van der Waals surface area contributed by atoms with Gasteiger partial charge in [-0.25, -0.2) is 4.98 Å². The van der Waals surface area contributed by atoms with Gasteiger partial charge in [0.2, 0.25) is 0 Å². The molecule has 18 heteroatoms. The second kappa shape index (κ2) is 7.97. The predicted octanol–water partition coefficient (Wildman–Crippen LogP) is 5.54. The minimum Gasteiger partial charge on any atom is -0.491 e. The highest BCUT2D eigenvalue weighted by molar-refractivity contribution is 7.88. The molecule has 0 aliphatic rings. The molecule has 1 rings (SSSR count). The van der Waals surface area contributed by atoms with Crippen molar-refractivity contribution >= 4 is 10.1 Å². The molecule has 0 spiro atoms. The van der Waals surface area contributed by atoms with Crippen molar-refractivity contribution in [1.82, 2.24) is 4.98 Å². The Morgan fingerprint density at radius 1 is 0.818 bits per heavy atom. The van der Waals surface area contributed by atoms with Crippen LogP contribution in [-0.2, 0) is 21.7 Å². The van der Waals surface area contributed by atoms with E-state index in [1.807, 2.05) is 0 Å². The number of nitrogens with zero attached hydrogens (tertiary/aromatic N) is 1. The summed E-state index contributed by atoms with van der Waals surface area (Å²) in [5, 5.41) is -7.28. The number of alkyl halides is 12. The minimum absolute atomic E-state index is 0.401. The van der Waals surface area contributed by atoms with Crippen molar-refractivity contribution in [2.75, 3.05) is 7.11 Å². The third-order valence-corrected chi connectivity index (χ3v) is 5.06. The summed E-state index contributed by atoms with van der Waals surface area (Å²) in [7, 11) is -6.87. The highest BCUT2D eigenvalue weighted by atomic mass is 32.2. The summed E-state index contributed by atoms with van der Waals surface area (Å²) in [6, 6.07) is -0.401. The molecule has 1 heterocycles. The smallest absolute Gasteiger partial charge is 0.460 e. The summed E-state index contributed by atoms with van der Waals surface area (Å²) in [6.45, 7) is 3.51. The van der Waals surface area contributed by atoms with Crippen molar-refractivity contribution in [3.05, 3.63) is 17.5 Å². The average molecular weight is 531 g/mol. The number of hydrogen-bond acceptors (Lipinski definition) is 5. The lowest BCUT2D eigenvalue weighted by atomic mass is 9.90. The van der Waals surface area contributed by atoms with Crippen LogP contribution in [0.25, 0.3) is 0 Å². The molecule has 0 radical (unpaired) electrons. The zero-order chi connectivity index (χ0) is 26.6. The van der Waals surface area contributed by atoms with Gasteiger partial charge in [0.15, 0.2) is 11.5 Å². The first kappa shape index (κ1) is 28.9. The van der Waals surface area contributed by atoms with Gasteiger partial charge in [0.05, 0.1) is 12.8 Å². The van der Waals surface area contributed by atoms with Crippen molar-refractivity contribution in [3.63, 3.8) is 0 Å². The lowest BCUT2D eigenvalue weighted by Crippen LogP contribution is -2.63. The van der Waals surface area contributed by atoms with Crippen molar-refractivity contribution in [1.29, 1.82) is 0 Å². The van der Waals surface area contributed by atoms with Crippen LogP contribution in [0.3, 0.4) is 0 Å². The third-order valence-electron chi connectivity index (χ3n) is 3.77. The van der Waals surface area contributed by atoms with E-state index in [1.165, 1.54) is 20.8 Å². The van der Waals surface area contributed by atoms with E-state index in [0.717, 1.165) is 0 Å². The van der Waals surface area contributed by atoms with Gasteiger partial charge >= 0.3 is 39.6 Å². The van der Waals surface area contributed by atoms with E-state index in [0.29, 0.717) is 7.11 Å². The Morgan fingerprint density at radius 3 is 1.61 bits per heavy atom. The lowest BCUT2D eigenvalue weighted by molar-refractivity contribution is -0.382. The maximum atomic E-state index is 13.9. The molecule has 0 aliphatic heterocycles. The molecule has 0 amide bonds. The Labute approximate surface area is 177 Å². The van der Waals surface area contributed by atoms with E-state index in [4.69, 9.17) is 0 Å². The van der Waals surface area contributed by atoms with Crippen LogP contribution in [-0.4, -0.2) is 43.8 Å². The van der Waals surface area contributed by atoms with Gasteiger partial charge in [-0.1, -0.05) is 20.8 Å². The van der Waals surface area contributed by atoms with E-state index >= 15 is 0 Å². The quantitative estimate of drug-likeness (QED) is 0.357. The van der Waals surface area contributed by atoms with Gasteiger partial charge in [-0.05, 0) is 0 Å². The number of hydrogen-bond donors (Lipinski definition) is 0. The number of methoxy groups -OCH3 is 1. The molecule has 0 aliphatic carbocycles. The van der Waals surface area contributed by atoms with Crippen LogP contribution in [0.4, 0.5) is 52.7 Å². The van der Waals surface area contributed by atoms with E-state index in [9.17, 15) is 61.1 Å². The molecule has 0 aromatic carbocycles. The molecule has 0 unspecified atom stereocenters. The molecule has 1 aromatic heterocycles. The number of halogens is 12. The minimum atomic E-state index is -7.64. The fourth-order valence-electron chi connectivity index (χ4n) is 2.11. The van der Waals surface area contributed by atoms with Gasteiger partial charge in [-0.15, -0.1) is 0 Å². The van der Waals surface area contributed by atoms with Crippen LogP contribution in [0.15, 0.2) is 6.07 Å². The van der Waals surface area contributed by atoms with Gasteiger partial charge in [-0.2, -0.15) is 61.1 Å². The van der Waals surface area contributed by atoms with Crippen LogP contribution in [0.5, 0.6) is 11.5 Å². The second-order valence-corrected chi connectivity index (χ2v) is 8.92. The first-order valence-electron chi connectivity index (χ1n) is 8.06. The standard InChI is InChI=1S/C15H13F12NO4S/c1-10(2,3)9-8(31-4)6(5-7(28-9)11(16,17)18)32-33(29,30)15(26,27)13(21,22)12(19,20)14(23,24)25/h5H,1-4H3. The first-order valence-corrected chi connectivity index (χ1v) is 9.47. The number of rotatable bonds is 6. The van der Waals surface area contributed by atoms with Crippen LogP contribution < -0.4 is 8.92 Å². The fourth-order valence-corrected chi connectivity index (χ4v) is 3.02. The molecule has 192 valence electrons. The zero-order valence-corrected chi connectivity index (χ0v) is 17.4. The fraction of sp³-hybridized carbons (Fsp3) is 0.667. The summed E-state index contributed by atoms with van der Waals surface area (Å²) < 4.78 is 188. The van der Waals surface area contributed by atoms with Crippen molar-refractivity contribution in [2.24, 2.45) is 0 Å². The number of ether oxygens (including phenoxy) is 1. The van der Waals surface area contributed by atoms with E-state index in [2.05, 4.69) is 13.9 Å². The molecule has 0 fully saturated rings. The van der Waals surface area contributed by atoms with Crippen molar-refractivity contribution < 1.29 is 70.0 Å². The largest absolute Gasteiger partial charge is 0.491 e. The summed E-state index contributed by atoms with van der Waals surface area (Å²) in [5.41, 5.74) is -4.28. The first-order chi connectivity index (χ1) is 14.3. The molecule has 5 nitrogen and oxygen atoms in total. The summed E-state index contributed by atoms with van der Waals surface area (Å²) in [5.74, 6) is -18.2. The van der Waals surface area contributed by atoms with Gasteiger partial charge in [0.25, 0.3) is 0 Å². The third kappa shape index (κ3) is 4.89. The van der Waals surface area contributed by atoms with Gasteiger partial charge in [0, 0.05) is 11.5 Å². The molecule has 1 aromatic rings. The van der Waals surface area contributed by atoms with Crippen LogP contribution >= 0.6 is 0 Å². The van der Waals surface area contributed by atoms with Crippen molar-refractivity contribution in [2.45, 2.75) is 55.6 Å². The molecule has 33 heavy (non-hydrogen) atoms. The molecular formula is C15H13F12NO4S. The maximum absolute atomic E-state index is 13.9. The molecular weight excluding hydrogens is 518 g/mol. The normalized spacial score (nSPS) is 14.9. The molecule has 0 atom stereocenters. The molecule has 0 bridgehead atoms. The van der Waals surface area contributed by atoms with Gasteiger partial charge in [-0.3, -0.25) is 0 Å². The summed E-state index contributed by atoms with van der Waals surface area (Å²) >= 11 is 0. The summed E-state index contributed by atoms with van der Waals surface area (Å²) in [6.07, 6.45) is -12.7. The Hall–Kier alpha value is -2.14. The van der Waals surface area contributed by atoms with Crippen molar-refractivity contribution in [3.8, 4) is 11.5 Å². The second-order valence-electron chi connectivity index (χ2n) is 7.34. The maximum Gasteiger partial charge on any atom is 0.460 e. The van der Waals surface area contributed by atoms with Crippen LogP contribution in [0.2, 0.25) is 0 Å². The van der Waals surface area contributed by atoms with Gasteiger partial charge < -0.3 is 8.92 Å². The summed E-state index contributed by atoms with van der Waals surface area (Å²) in [4.78, 5) is 3.13. The molecule has 0 saturated carbocycles. The number of aromatic nitrogens is 1. The predicted molar refractivity (Wildman–Crippen MR) is 84.9 cm³/mol.